The Balaban J connectivity index is 1.79. The van der Waals surface area contributed by atoms with E-state index in [1.54, 1.807) is 25.4 Å². The highest BCUT2D eigenvalue weighted by atomic mass is 35.5. The molecule has 3 aromatic rings. The summed E-state index contributed by atoms with van der Waals surface area (Å²) in [5, 5.41) is 14.6. The average Bonchev–Trinajstić information content (AvgIpc) is 2.65. The van der Waals surface area contributed by atoms with E-state index in [0.717, 1.165) is 16.7 Å². The van der Waals surface area contributed by atoms with Crippen molar-refractivity contribution in [3.8, 4) is 11.1 Å². The molecule has 132 valence electrons. The average molecular weight is 369 g/mol. The molecule has 1 unspecified atom stereocenters. The number of hydrogen-bond donors (Lipinski definition) is 1. The highest BCUT2D eigenvalue weighted by Gasteiger charge is 2.16. The highest BCUT2D eigenvalue weighted by molar-refractivity contribution is 6.33. The van der Waals surface area contributed by atoms with E-state index < -0.39 is 4.92 Å². The molecule has 1 aromatic heterocycles. The predicted octanol–water partition coefficient (Wildman–Crippen LogP) is 5.19. The number of benzene rings is 2. The first-order chi connectivity index (χ1) is 12.5. The fourth-order valence-electron chi connectivity index (χ4n) is 2.71. The van der Waals surface area contributed by atoms with Gasteiger partial charge in [-0.1, -0.05) is 35.9 Å². The van der Waals surface area contributed by atoms with Crippen LogP contribution < -0.4 is 5.32 Å². The number of nitrogens with one attached hydrogen (secondary N) is 1. The number of nitrogens with zero attached hydrogens (tertiary/aromatic N) is 3. The van der Waals surface area contributed by atoms with Gasteiger partial charge in [-0.2, -0.15) is 0 Å². The summed E-state index contributed by atoms with van der Waals surface area (Å²) in [6, 6.07) is 11.1. The van der Waals surface area contributed by atoms with Gasteiger partial charge in [0, 0.05) is 35.6 Å². The lowest BCUT2D eigenvalue weighted by Crippen LogP contribution is -2.07. The monoisotopic (exact) mass is 368 g/mol. The molecule has 0 radical (unpaired) electrons. The molecule has 26 heavy (non-hydrogen) atoms. The third-order valence-electron chi connectivity index (χ3n) is 4.16. The molecule has 0 aliphatic carbocycles. The lowest BCUT2D eigenvalue weighted by atomic mass is 10.0. The molecule has 3 rings (SSSR count). The molecule has 7 heteroatoms. The molecule has 0 saturated carbocycles. The maximum atomic E-state index is 11.0. The van der Waals surface area contributed by atoms with Crippen LogP contribution in [0.3, 0.4) is 0 Å². The van der Waals surface area contributed by atoms with Gasteiger partial charge in [0.25, 0.3) is 5.69 Å². The van der Waals surface area contributed by atoms with Gasteiger partial charge in [0.15, 0.2) is 0 Å². The predicted molar refractivity (Wildman–Crippen MR) is 102 cm³/mol. The summed E-state index contributed by atoms with van der Waals surface area (Å²) in [5.74, 6) is 0. The van der Waals surface area contributed by atoms with E-state index in [1.165, 1.54) is 12.4 Å². The van der Waals surface area contributed by atoms with Gasteiger partial charge >= 0.3 is 0 Å². The van der Waals surface area contributed by atoms with Crippen LogP contribution in [0.2, 0.25) is 5.02 Å². The number of nitro groups is 1. The molecule has 0 saturated heterocycles. The quantitative estimate of drug-likeness (QED) is 0.495. The van der Waals surface area contributed by atoms with E-state index in [9.17, 15) is 10.1 Å². The van der Waals surface area contributed by atoms with E-state index in [1.807, 2.05) is 31.2 Å². The van der Waals surface area contributed by atoms with E-state index >= 15 is 0 Å². The van der Waals surface area contributed by atoms with Crippen LogP contribution >= 0.6 is 11.6 Å². The molecule has 1 atom stereocenters. The zero-order chi connectivity index (χ0) is 18.7. The maximum absolute atomic E-state index is 11.0. The van der Waals surface area contributed by atoms with Gasteiger partial charge in [-0.05, 0) is 31.0 Å². The molecule has 0 spiro atoms. The van der Waals surface area contributed by atoms with Gasteiger partial charge in [0.05, 0.1) is 15.6 Å². The summed E-state index contributed by atoms with van der Waals surface area (Å²) in [6.45, 7) is 3.70. The van der Waals surface area contributed by atoms with Gasteiger partial charge in [0.1, 0.15) is 6.33 Å². The third kappa shape index (κ3) is 3.81. The minimum atomic E-state index is -0.430. The van der Waals surface area contributed by atoms with E-state index in [-0.39, 0.29) is 11.7 Å². The molecule has 0 amide bonds. The Morgan fingerprint density at radius 1 is 1.12 bits per heavy atom. The van der Waals surface area contributed by atoms with Gasteiger partial charge in [0.2, 0.25) is 0 Å². The van der Waals surface area contributed by atoms with Crippen molar-refractivity contribution in [2.45, 2.75) is 19.9 Å². The Morgan fingerprint density at radius 3 is 2.38 bits per heavy atom. The Morgan fingerprint density at radius 2 is 1.77 bits per heavy atom. The van der Waals surface area contributed by atoms with Crippen molar-refractivity contribution in [3.63, 3.8) is 0 Å². The van der Waals surface area contributed by atoms with Gasteiger partial charge in [-0.15, -0.1) is 0 Å². The van der Waals surface area contributed by atoms with E-state index in [4.69, 9.17) is 11.6 Å². The van der Waals surface area contributed by atoms with Crippen molar-refractivity contribution in [3.05, 3.63) is 81.4 Å². The SMILES string of the molecule is Cc1cc(NC(C)c2ccc(-c3cncnc3)cc2)c(Cl)cc1[N+](=O)[O-]. The van der Waals surface area contributed by atoms with Crippen LogP contribution in [0.5, 0.6) is 0 Å². The molecule has 2 aromatic carbocycles. The van der Waals surface area contributed by atoms with Crippen LogP contribution in [0.15, 0.2) is 55.1 Å². The summed E-state index contributed by atoms with van der Waals surface area (Å²) in [6.07, 6.45) is 5.03. The molecular weight excluding hydrogens is 352 g/mol. The van der Waals surface area contributed by atoms with Crippen LogP contribution in [-0.2, 0) is 0 Å². The Kier molecular flexibility index (Phi) is 5.14. The summed E-state index contributed by atoms with van der Waals surface area (Å²) in [4.78, 5) is 18.6. The second kappa shape index (κ2) is 7.49. The first-order valence-corrected chi connectivity index (χ1v) is 8.40. The van der Waals surface area contributed by atoms with Gasteiger partial charge in [-0.25, -0.2) is 9.97 Å². The second-order valence-electron chi connectivity index (χ2n) is 5.99. The molecule has 6 nitrogen and oxygen atoms in total. The van der Waals surface area contributed by atoms with Crippen LogP contribution in [0, 0.1) is 17.0 Å². The molecule has 0 aliphatic heterocycles. The number of anilines is 1. The normalized spacial score (nSPS) is 11.8. The van der Waals surface area contributed by atoms with Crippen LogP contribution in [0.1, 0.15) is 24.1 Å². The minimum absolute atomic E-state index is 0.0163. The fourth-order valence-corrected chi connectivity index (χ4v) is 2.92. The summed E-state index contributed by atoms with van der Waals surface area (Å²) >= 11 is 6.20. The first-order valence-electron chi connectivity index (χ1n) is 8.02. The van der Waals surface area contributed by atoms with Gasteiger partial charge in [-0.3, -0.25) is 10.1 Å². The minimum Gasteiger partial charge on any atom is -0.377 e. The number of hydrogen-bond acceptors (Lipinski definition) is 5. The standard InChI is InChI=1S/C19H17ClN4O2/c1-12-7-18(17(20)8-19(12)24(25)26)23-13(2)14-3-5-15(6-4-14)16-9-21-11-22-10-16/h3-11,13,23H,1-2H3. The second-order valence-corrected chi connectivity index (χ2v) is 6.40. The Bertz CT molecular complexity index is 930. The summed E-state index contributed by atoms with van der Waals surface area (Å²) < 4.78 is 0. The van der Waals surface area contributed by atoms with E-state index in [0.29, 0.717) is 16.3 Å². The van der Waals surface area contributed by atoms with Gasteiger partial charge < -0.3 is 5.32 Å². The number of halogens is 1. The van der Waals surface area contributed by atoms with Crippen LogP contribution in [-0.4, -0.2) is 14.9 Å². The maximum Gasteiger partial charge on any atom is 0.273 e. The smallest absolute Gasteiger partial charge is 0.273 e. The van der Waals surface area contributed by atoms with Crippen molar-refractivity contribution in [2.75, 3.05) is 5.32 Å². The third-order valence-corrected chi connectivity index (χ3v) is 4.47. The Labute approximate surface area is 156 Å². The molecule has 0 aliphatic rings. The molecular formula is C19H17ClN4O2. The zero-order valence-corrected chi connectivity index (χ0v) is 15.1. The van der Waals surface area contributed by atoms with Crippen molar-refractivity contribution in [1.29, 1.82) is 0 Å². The summed E-state index contributed by atoms with van der Waals surface area (Å²) in [5.41, 5.74) is 4.30. The fraction of sp³-hybridized carbons (Fsp3) is 0.158. The Hall–Kier alpha value is -2.99. The van der Waals surface area contributed by atoms with Crippen molar-refractivity contribution >= 4 is 23.0 Å². The first kappa shape index (κ1) is 17.8. The highest BCUT2D eigenvalue weighted by Crippen LogP contribution is 2.32. The number of aryl methyl sites for hydroxylation is 1. The lowest BCUT2D eigenvalue weighted by molar-refractivity contribution is -0.385. The zero-order valence-electron chi connectivity index (χ0n) is 14.3. The summed E-state index contributed by atoms with van der Waals surface area (Å²) in [7, 11) is 0. The number of rotatable bonds is 5. The molecule has 1 heterocycles. The molecule has 0 bridgehead atoms. The largest absolute Gasteiger partial charge is 0.377 e. The van der Waals surface area contributed by atoms with Crippen LogP contribution in [0.4, 0.5) is 11.4 Å². The number of nitro benzene ring substituents is 1. The topological polar surface area (TPSA) is 81.0 Å². The van der Waals surface area contributed by atoms with Crippen molar-refractivity contribution in [1.82, 2.24) is 9.97 Å². The molecule has 1 N–H and O–H groups in total. The number of aromatic nitrogens is 2. The van der Waals surface area contributed by atoms with E-state index in [2.05, 4.69) is 15.3 Å². The lowest BCUT2D eigenvalue weighted by Gasteiger charge is -2.18. The van der Waals surface area contributed by atoms with Crippen molar-refractivity contribution in [2.24, 2.45) is 0 Å². The molecule has 0 fully saturated rings. The van der Waals surface area contributed by atoms with Crippen LogP contribution in [0.25, 0.3) is 11.1 Å². The van der Waals surface area contributed by atoms with Crippen molar-refractivity contribution < 1.29 is 4.92 Å².